The molecule has 4 nitrogen and oxygen atoms in total. The Kier molecular flexibility index (Phi) is 16.7. The van der Waals surface area contributed by atoms with Gasteiger partial charge in [0.05, 0.1) is 0 Å². The lowest BCUT2D eigenvalue weighted by atomic mass is 9.13. The lowest BCUT2D eigenvalue weighted by Crippen LogP contribution is -2.78. The molecule has 0 spiro atoms. The van der Waals surface area contributed by atoms with Gasteiger partial charge < -0.3 is 0 Å². The average molecular weight is 1200 g/mol. The summed E-state index contributed by atoms with van der Waals surface area (Å²) >= 11 is 0. The third kappa shape index (κ3) is 10.4. The molecule has 21 unspecified atom stereocenters. The van der Waals surface area contributed by atoms with Crippen molar-refractivity contribution in [1.82, 2.24) is 19.6 Å². The van der Waals surface area contributed by atoms with Gasteiger partial charge in [0.15, 0.2) is 13.4 Å². The van der Waals surface area contributed by atoms with Gasteiger partial charge in [-0.1, -0.05) is 178 Å². The number of nitrogens with zero attached hydrogens (tertiary/aromatic N) is 4. The van der Waals surface area contributed by atoms with Crippen LogP contribution in [0.2, 0.25) is 34.9 Å². The van der Waals surface area contributed by atoms with Gasteiger partial charge in [0, 0.05) is 72.5 Å². The Hall–Kier alpha value is -0.0301. The maximum atomic E-state index is 3.68. The molecule has 492 valence electrons. The Labute approximate surface area is 544 Å². The Morgan fingerprint density at radius 3 is 0.943 bits per heavy atom. The van der Waals surface area contributed by atoms with E-state index in [1.807, 2.05) is 0 Å². The molecule has 0 amide bonds. The van der Waals surface area contributed by atoms with Gasteiger partial charge in [-0.3, -0.25) is 19.6 Å². The normalized spacial score (nSPS) is 49.5. The summed E-state index contributed by atoms with van der Waals surface area (Å²) in [6, 6.07) is 10.2. The zero-order valence-electron chi connectivity index (χ0n) is 59.2. The predicted octanol–water partition coefficient (Wildman–Crippen LogP) is 21.0. The van der Waals surface area contributed by atoms with Crippen LogP contribution in [0.25, 0.3) is 0 Å². The van der Waals surface area contributed by atoms with Crippen molar-refractivity contribution in [3.8, 4) is 0 Å². The van der Waals surface area contributed by atoms with E-state index in [-0.39, 0.29) is 0 Å². The van der Waals surface area contributed by atoms with E-state index >= 15 is 0 Å². The van der Waals surface area contributed by atoms with Crippen molar-refractivity contribution in [2.24, 2.45) is 81.3 Å². The second-order valence-corrected chi connectivity index (χ2v) is 41.0. The lowest BCUT2D eigenvalue weighted by molar-refractivity contribution is -0.121. The Balaban J connectivity index is 0.766. The highest BCUT2D eigenvalue weighted by atomic mass is 15.3. The molecule has 4 heterocycles. The smallest absolute Gasteiger partial charge is 0.156 e. The van der Waals surface area contributed by atoms with Gasteiger partial charge in [-0.25, -0.2) is 0 Å². The summed E-state index contributed by atoms with van der Waals surface area (Å²) in [6.07, 6.45) is 63.6. The lowest BCUT2D eigenvalue weighted by Gasteiger charge is -2.74. The molecule has 17 aliphatic rings. The first-order chi connectivity index (χ1) is 42.5. The summed E-state index contributed by atoms with van der Waals surface area (Å²) in [5.74, 6) is 16.8. The van der Waals surface area contributed by atoms with Crippen LogP contribution in [0.15, 0.2) is 0 Å². The second-order valence-electron chi connectivity index (χ2n) is 41.0. The van der Waals surface area contributed by atoms with E-state index in [0.717, 1.165) is 186 Å². The first-order valence-corrected chi connectivity index (χ1v) is 41.6. The van der Waals surface area contributed by atoms with E-state index in [1.54, 1.807) is 109 Å². The summed E-state index contributed by atoms with van der Waals surface area (Å²) in [6.45, 7) is 26.2. The molecule has 0 aromatic rings. The van der Waals surface area contributed by atoms with Crippen LogP contribution in [0, 0.1) is 81.3 Å². The van der Waals surface area contributed by atoms with Crippen LogP contribution in [0.3, 0.4) is 0 Å². The van der Waals surface area contributed by atoms with Crippen LogP contribution in [0.4, 0.5) is 0 Å². The molecule has 4 saturated heterocycles. The number of hydrogen-bond donors (Lipinski definition) is 0. The highest BCUT2D eigenvalue weighted by molar-refractivity contribution is 6.67. The van der Waals surface area contributed by atoms with Gasteiger partial charge in [0.1, 0.15) is 0 Å². The molecule has 0 aromatic carbocycles. The van der Waals surface area contributed by atoms with Crippen molar-refractivity contribution in [2.75, 3.05) is 0 Å². The van der Waals surface area contributed by atoms with Gasteiger partial charge >= 0.3 is 0 Å². The van der Waals surface area contributed by atoms with Crippen molar-refractivity contribution >= 4 is 13.4 Å². The molecular formula is C82H138B2N4. The topological polar surface area (TPSA) is 13.0 Å². The first kappa shape index (κ1) is 61.6. The van der Waals surface area contributed by atoms with Crippen molar-refractivity contribution in [2.45, 2.75) is 433 Å². The summed E-state index contributed by atoms with van der Waals surface area (Å²) in [5, 5.41) is 0. The minimum Gasteiger partial charge on any atom is -0.295 e. The molecule has 25 atom stereocenters. The fraction of sp³-hybridized carbons (Fsp3) is 1.00. The Morgan fingerprint density at radius 2 is 0.545 bits per heavy atom. The number of fused-ring (bicyclic) bond motifs is 8. The third-order valence-corrected chi connectivity index (χ3v) is 34.7. The van der Waals surface area contributed by atoms with E-state index in [4.69, 9.17) is 0 Å². The molecule has 0 aromatic heterocycles. The predicted molar refractivity (Wildman–Crippen MR) is 373 cm³/mol. The van der Waals surface area contributed by atoms with Crippen molar-refractivity contribution in [1.29, 1.82) is 0 Å². The standard InChI is InChI=1S/C82H138B2N4/c1-80(2,3)57-42-54-36-34-52-40-56(41-53-35-37-55(43-57)77(54)76(52)53)51-38-39-65-69(44-51)86(61-26-16-11-17-27-61)73-46-59(82(7,8)9)48-75-79(73)84(65)67-49-66-70(50-71(67)88(75)63-30-20-13-21-31-63)87(62-28-18-12-19-29-62)74-47-58(81(4,5)6)45-72-78(74)83(66)64-32-22-23-33-68(64)85(72)60-24-14-10-15-25-60/h51-79H,10-50H2,1-9H3/t51?,52-,53?,54?,55?,56?,57?,58-,59?,64?,65?,66-,67+,68?,69?,70?,71?,72?,73?,74?,75?,76?,77?,78?,79?/m1/s1. The van der Waals surface area contributed by atoms with E-state index in [0.29, 0.717) is 16.2 Å². The van der Waals surface area contributed by atoms with Gasteiger partial charge in [0.2, 0.25) is 0 Å². The third-order valence-electron chi connectivity index (χ3n) is 34.7. The minimum absolute atomic E-state index is 0.375. The van der Waals surface area contributed by atoms with Crippen LogP contribution in [-0.4, -0.2) is 106 Å². The van der Waals surface area contributed by atoms with Crippen molar-refractivity contribution in [3.05, 3.63) is 0 Å². The molecule has 0 N–H and O–H groups in total. The van der Waals surface area contributed by atoms with Gasteiger partial charge in [-0.05, 0) is 264 Å². The highest BCUT2D eigenvalue weighted by Gasteiger charge is 2.72. The molecule has 0 radical (unpaired) electrons. The molecule has 6 heteroatoms. The second kappa shape index (κ2) is 23.9. The van der Waals surface area contributed by atoms with Crippen molar-refractivity contribution < 1.29 is 0 Å². The highest BCUT2D eigenvalue weighted by Crippen LogP contribution is 2.71. The Morgan fingerprint density at radius 1 is 0.227 bits per heavy atom. The average Bonchev–Trinajstić information content (AvgIpc) is 0.700. The summed E-state index contributed by atoms with van der Waals surface area (Å²) in [4.78, 5) is 14.5. The van der Waals surface area contributed by atoms with E-state index < -0.39 is 0 Å². The molecule has 17 rings (SSSR count). The van der Waals surface area contributed by atoms with E-state index in [9.17, 15) is 0 Å². The molecule has 4 aliphatic heterocycles. The van der Waals surface area contributed by atoms with Crippen LogP contribution >= 0.6 is 0 Å². The summed E-state index contributed by atoms with van der Waals surface area (Å²) < 4.78 is 0. The minimum atomic E-state index is 0.375. The van der Waals surface area contributed by atoms with Crippen LogP contribution < -0.4 is 0 Å². The van der Waals surface area contributed by atoms with Gasteiger partial charge in [-0.2, -0.15) is 0 Å². The first-order valence-electron chi connectivity index (χ1n) is 41.6. The quantitative estimate of drug-likeness (QED) is 0.254. The van der Waals surface area contributed by atoms with Gasteiger partial charge in [0.25, 0.3) is 0 Å². The largest absolute Gasteiger partial charge is 0.295 e. The van der Waals surface area contributed by atoms with E-state index in [1.165, 1.54) is 154 Å². The summed E-state index contributed by atoms with van der Waals surface area (Å²) in [5.41, 5.74) is 1.26. The molecule has 17 fully saturated rings. The maximum Gasteiger partial charge on any atom is 0.156 e. The van der Waals surface area contributed by atoms with Crippen molar-refractivity contribution in [3.63, 3.8) is 0 Å². The zero-order chi connectivity index (χ0) is 59.7. The van der Waals surface area contributed by atoms with Gasteiger partial charge in [-0.15, -0.1) is 0 Å². The van der Waals surface area contributed by atoms with Crippen LogP contribution in [0.5, 0.6) is 0 Å². The van der Waals surface area contributed by atoms with Crippen LogP contribution in [0.1, 0.15) is 326 Å². The number of rotatable bonds is 5. The fourth-order valence-corrected chi connectivity index (χ4v) is 31.3. The number of hydrogen-bond acceptors (Lipinski definition) is 4. The molecule has 0 bridgehead atoms. The zero-order valence-corrected chi connectivity index (χ0v) is 59.2. The summed E-state index contributed by atoms with van der Waals surface area (Å²) in [7, 11) is 0. The fourth-order valence-electron chi connectivity index (χ4n) is 31.3. The van der Waals surface area contributed by atoms with Crippen LogP contribution in [-0.2, 0) is 0 Å². The molecule has 13 aliphatic carbocycles. The van der Waals surface area contributed by atoms with E-state index in [2.05, 4.69) is 81.9 Å². The molecular weight excluding hydrogens is 1060 g/mol. The molecule has 88 heavy (non-hydrogen) atoms. The Bertz CT molecular complexity index is 2370. The monoisotopic (exact) mass is 1200 g/mol. The SMILES string of the molecule is CC(C)(C)C1CC2CCC3CC(C4CCC5B6C7C(CC(C(C)(C)C)CC7N(C7CCCCC7)C7CC8[C@@H](C[C@H]67)B6C7CCCCC7N(C7CCCCC7)C7C[C@@H](C(C)(C)C)CC(C67)N8C6CCCCC6)N(C6CCCCC6)C5C4)C[C@H]4CCC(C1)C2C34. The molecule has 13 saturated carbocycles. The maximum absolute atomic E-state index is 3.68.